The molecule has 116 valence electrons. The van der Waals surface area contributed by atoms with E-state index in [2.05, 4.69) is 4.72 Å². The van der Waals surface area contributed by atoms with Gasteiger partial charge in [0.1, 0.15) is 23.9 Å². The normalized spacial score (nSPS) is 16.9. The van der Waals surface area contributed by atoms with E-state index in [1.54, 1.807) is 24.3 Å². The van der Waals surface area contributed by atoms with Crippen LogP contribution >= 0.6 is 0 Å². The van der Waals surface area contributed by atoms with E-state index < -0.39 is 16.1 Å². The Balaban J connectivity index is 1.92. The largest absolute Gasteiger partial charge is 0.507 e. The molecule has 2 aromatic rings. The molecule has 0 bridgehead atoms. The number of benzene rings is 2. The summed E-state index contributed by atoms with van der Waals surface area (Å²) in [6, 6.07) is 10.5. The first-order valence-electron chi connectivity index (χ1n) is 6.62. The highest BCUT2D eigenvalue weighted by atomic mass is 32.2. The van der Waals surface area contributed by atoms with Crippen LogP contribution in [0.25, 0.3) is 0 Å². The first-order valence-corrected chi connectivity index (χ1v) is 8.10. The van der Waals surface area contributed by atoms with Gasteiger partial charge in [-0.3, -0.25) is 0 Å². The highest BCUT2D eigenvalue weighted by molar-refractivity contribution is 7.89. The van der Waals surface area contributed by atoms with Crippen LogP contribution in [0.4, 0.5) is 0 Å². The van der Waals surface area contributed by atoms with Crippen LogP contribution in [0.5, 0.6) is 17.2 Å². The second-order valence-corrected chi connectivity index (χ2v) is 6.57. The van der Waals surface area contributed by atoms with Gasteiger partial charge in [0.05, 0.1) is 23.6 Å². The summed E-state index contributed by atoms with van der Waals surface area (Å²) in [7, 11) is -2.21. The summed E-state index contributed by atoms with van der Waals surface area (Å²) >= 11 is 0. The summed E-state index contributed by atoms with van der Waals surface area (Å²) in [5, 5.41) is 10.1. The summed E-state index contributed by atoms with van der Waals surface area (Å²) < 4.78 is 37.8. The molecular formula is C15H15NO5S. The molecule has 1 aliphatic rings. The van der Waals surface area contributed by atoms with Gasteiger partial charge in [-0.05, 0) is 12.1 Å². The third-order valence-corrected chi connectivity index (χ3v) is 4.92. The minimum atomic E-state index is -3.69. The van der Waals surface area contributed by atoms with Crippen LogP contribution in [0.15, 0.2) is 47.4 Å². The minimum absolute atomic E-state index is 0.0624. The van der Waals surface area contributed by atoms with Crippen molar-refractivity contribution >= 4 is 10.0 Å². The maximum atomic E-state index is 12.4. The molecule has 0 radical (unpaired) electrons. The number of methoxy groups -OCH3 is 1. The van der Waals surface area contributed by atoms with E-state index in [1.807, 2.05) is 0 Å². The van der Waals surface area contributed by atoms with Gasteiger partial charge in [0, 0.05) is 12.1 Å². The number of ether oxygens (including phenoxy) is 2. The average Bonchev–Trinajstić information content (AvgIpc) is 2.91. The van der Waals surface area contributed by atoms with Crippen molar-refractivity contribution in [3.05, 3.63) is 48.0 Å². The number of hydrogen-bond acceptors (Lipinski definition) is 5. The molecule has 1 unspecified atom stereocenters. The number of aromatic hydroxyl groups is 1. The molecule has 0 aromatic heterocycles. The van der Waals surface area contributed by atoms with Gasteiger partial charge < -0.3 is 14.6 Å². The monoisotopic (exact) mass is 321 g/mol. The lowest BCUT2D eigenvalue weighted by Gasteiger charge is -2.13. The summed E-state index contributed by atoms with van der Waals surface area (Å²) in [4.78, 5) is 0.163. The SMILES string of the molecule is COc1cc(O)c2c(c1)OCC2NS(=O)(=O)c1ccccc1. The smallest absolute Gasteiger partial charge is 0.241 e. The quantitative estimate of drug-likeness (QED) is 0.897. The fourth-order valence-electron chi connectivity index (χ4n) is 2.38. The second kappa shape index (κ2) is 5.51. The fourth-order valence-corrected chi connectivity index (χ4v) is 3.59. The van der Waals surface area contributed by atoms with E-state index in [9.17, 15) is 13.5 Å². The molecule has 3 rings (SSSR count). The first-order chi connectivity index (χ1) is 10.5. The lowest BCUT2D eigenvalue weighted by atomic mass is 10.1. The molecule has 1 atom stereocenters. The molecule has 7 heteroatoms. The molecule has 0 aliphatic carbocycles. The van der Waals surface area contributed by atoms with Crippen LogP contribution in [0.2, 0.25) is 0 Å². The number of phenolic OH excluding ortho intramolecular Hbond substituents is 1. The van der Waals surface area contributed by atoms with Crippen molar-refractivity contribution in [1.29, 1.82) is 0 Å². The average molecular weight is 321 g/mol. The third-order valence-electron chi connectivity index (χ3n) is 3.43. The Kier molecular flexibility index (Phi) is 3.67. The van der Waals surface area contributed by atoms with Gasteiger partial charge in [0.2, 0.25) is 10.0 Å². The van der Waals surface area contributed by atoms with E-state index in [0.29, 0.717) is 17.1 Å². The van der Waals surface area contributed by atoms with Gasteiger partial charge >= 0.3 is 0 Å². The Morgan fingerprint density at radius 2 is 2.00 bits per heavy atom. The topological polar surface area (TPSA) is 84.9 Å². The highest BCUT2D eigenvalue weighted by Crippen LogP contribution is 2.42. The maximum Gasteiger partial charge on any atom is 0.241 e. The first kappa shape index (κ1) is 14.7. The maximum absolute atomic E-state index is 12.4. The lowest BCUT2D eigenvalue weighted by molar-refractivity contribution is 0.323. The molecule has 1 heterocycles. The van der Waals surface area contributed by atoms with Gasteiger partial charge in [0.15, 0.2) is 0 Å². The van der Waals surface area contributed by atoms with Crippen LogP contribution in [-0.2, 0) is 10.0 Å². The molecule has 2 aromatic carbocycles. The van der Waals surface area contributed by atoms with Crippen molar-refractivity contribution in [3.63, 3.8) is 0 Å². The van der Waals surface area contributed by atoms with Crippen LogP contribution in [-0.4, -0.2) is 27.2 Å². The van der Waals surface area contributed by atoms with E-state index in [0.717, 1.165) is 0 Å². The molecule has 1 aliphatic heterocycles. The molecule has 22 heavy (non-hydrogen) atoms. The summed E-state index contributed by atoms with van der Waals surface area (Å²) in [6.07, 6.45) is 0. The zero-order chi connectivity index (χ0) is 15.7. The molecule has 6 nitrogen and oxygen atoms in total. The van der Waals surface area contributed by atoms with Crippen molar-refractivity contribution in [2.75, 3.05) is 13.7 Å². The van der Waals surface area contributed by atoms with Gasteiger partial charge in [-0.25, -0.2) is 8.42 Å². The Morgan fingerprint density at radius 3 is 2.68 bits per heavy atom. The molecule has 0 fully saturated rings. The predicted octanol–water partition coefficient (Wildman–Crippen LogP) is 1.81. The van der Waals surface area contributed by atoms with E-state index in [-0.39, 0.29) is 17.3 Å². The number of hydrogen-bond donors (Lipinski definition) is 2. The van der Waals surface area contributed by atoms with E-state index in [4.69, 9.17) is 9.47 Å². The van der Waals surface area contributed by atoms with Gasteiger partial charge in [-0.15, -0.1) is 0 Å². The van der Waals surface area contributed by atoms with Crippen LogP contribution in [0.3, 0.4) is 0 Å². The zero-order valence-corrected chi connectivity index (χ0v) is 12.6. The van der Waals surface area contributed by atoms with Crippen molar-refractivity contribution in [2.45, 2.75) is 10.9 Å². The van der Waals surface area contributed by atoms with Crippen LogP contribution in [0, 0.1) is 0 Å². The molecule has 0 amide bonds. The van der Waals surface area contributed by atoms with Gasteiger partial charge in [-0.1, -0.05) is 18.2 Å². The Labute approximate surface area is 128 Å². The van der Waals surface area contributed by atoms with Crippen molar-refractivity contribution in [2.24, 2.45) is 0 Å². The molecule has 0 spiro atoms. The summed E-state index contributed by atoms with van der Waals surface area (Å²) in [6.45, 7) is 0.113. The Morgan fingerprint density at radius 1 is 1.27 bits per heavy atom. The summed E-state index contributed by atoms with van der Waals surface area (Å²) in [5.41, 5.74) is 0.417. The lowest BCUT2D eigenvalue weighted by Crippen LogP contribution is -2.29. The number of nitrogens with one attached hydrogen (secondary N) is 1. The van der Waals surface area contributed by atoms with E-state index >= 15 is 0 Å². The third kappa shape index (κ3) is 2.60. The number of phenols is 1. The number of sulfonamides is 1. The standard InChI is InChI=1S/C15H15NO5S/c1-20-10-7-13(17)15-12(9-21-14(15)8-10)16-22(18,19)11-5-3-2-4-6-11/h2-8,12,16-17H,9H2,1H3. The summed E-state index contributed by atoms with van der Waals surface area (Å²) in [5.74, 6) is 0.799. The molecular weight excluding hydrogens is 306 g/mol. The minimum Gasteiger partial charge on any atom is -0.507 e. The van der Waals surface area contributed by atoms with Crippen molar-refractivity contribution < 1.29 is 23.0 Å². The van der Waals surface area contributed by atoms with Gasteiger partial charge in [0.25, 0.3) is 0 Å². The van der Waals surface area contributed by atoms with Crippen molar-refractivity contribution in [3.8, 4) is 17.2 Å². The predicted molar refractivity (Wildman–Crippen MR) is 79.7 cm³/mol. The van der Waals surface area contributed by atoms with Crippen molar-refractivity contribution in [1.82, 2.24) is 4.72 Å². The second-order valence-electron chi connectivity index (χ2n) is 4.86. The number of fused-ring (bicyclic) bond motifs is 1. The highest BCUT2D eigenvalue weighted by Gasteiger charge is 2.32. The van der Waals surface area contributed by atoms with Crippen LogP contribution in [0.1, 0.15) is 11.6 Å². The number of rotatable bonds is 4. The molecule has 0 saturated carbocycles. The Hall–Kier alpha value is -2.25. The van der Waals surface area contributed by atoms with Crippen LogP contribution < -0.4 is 14.2 Å². The Bertz CT molecular complexity index is 789. The molecule has 2 N–H and O–H groups in total. The fraction of sp³-hybridized carbons (Fsp3) is 0.200. The van der Waals surface area contributed by atoms with Gasteiger partial charge in [-0.2, -0.15) is 4.72 Å². The van der Waals surface area contributed by atoms with E-state index in [1.165, 1.54) is 25.3 Å². The zero-order valence-electron chi connectivity index (χ0n) is 11.8. The molecule has 0 saturated heterocycles.